The summed E-state index contributed by atoms with van der Waals surface area (Å²) in [6.07, 6.45) is 3.72. The Balaban J connectivity index is 2.24. The van der Waals surface area contributed by atoms with Crippen LogP contribution >= 0.6 is 0 Å². The van der Waals surface area contributed by atoms with E-state index in [0.717, 1.165) is 11.3 Å². The molecule has 1 aromatic heterocycles. The topological polar surface area (TPSA) is 88.0 Å². The van der Waals surface area contributed by atoms with Gasteiger partial charge in [0.05, 0.1) is 4.90 Å². The lowest BCUT2D eigenvalue weighted by molar-refractivity contribution is 0.597. The molecule has 5 nitrogen and oxygen atoms in total. The number of anilines is 1. The van der Waals surface area contributed by atoms with Crippen LogP contribution in [0.3, 0.4) is 0 Å². The summed E-state index contributed by atoms with van der Waals surface area (Å²) in [6.45, 7) is 2.36. The van der Waals surface area contributed by atoms with Gasteiger partial charge in [0.2, 0.25) is 10.0 Å². The fourth-order valence-electron chi connectivity index (χ4n) is 1.78. The van der Waals surface area contributed by atoms with Crippen LogP contribution in [0.5, 0.6) is 0 Å². The first-order valence-corrected chi connectivity index (χ1v) is 7.01. The third kappa shape index (κ3) is 2.72. The molecule has 0 unspecified atom stereocenters. The number of hydrogen-bond donors (Lipinski definition) is 3. The van der Waals surface area contributed by atoms with Crippen molar-refractivity contribution in [2.45, 2.75) is 18.4 Å². The molecule has 0 atom stereocenters. The van der Waals surface area contributed by atoms with Gasteiger partial charge in [0.25, 0.3) is 0 Å². The van der Waals surface area contributed by atoms with Crippen LogP contribution in [0.2, 0.25) is 0 Å². The molecule has 0 saturated carbocycles. The molecule has 18 heavy (non-hydrogen) atoms. The SMILES string of the molecule is Cc1c(NCc2cc[nH]c2)cccc1S(N)(=O)=O. The van der Waals surface area contributed by atoms with Crippen LogP contribution < -0.4 is 10.5 Å². The van der Waals surface area contributed by atoms with E-state index in [-0.39, 0.29) is 4.90 Å². The number of nitrogens with one attached hydrogen (secondary N) is 2. The smallest absolute Gasteiger partial charge is 0.238 e. The van der Waals surface area contributed by atoms with Gasteiger partial charge in [-0.1, -0.05) is 6.07 Å². The number of aromatic nitrogens is 1. The lowest BCUT2D eigenvalue weighted by Crippen LogP contribution is -2.14. The summed E-state index contributed by atoms with van der Waals surface area (Å²) in [6, 6.07) is 6.96. The molecule has 96 valence electrons. The molecule has 0 saturated heterocycles. The van der Waals surface area contributed by atoms with Crippen LogP contribution in [0.15, 0.2) is 41.6 Å². The predicted molar refractivity (Wildman–Crippen MR) is 70.7 cm³/mol. The Kier molecular flexibility index (Phi) is 3.40. The molecule has 0 fully saturated rings. The van der Waals surface area contributed by atoms with Crippen molar-refractivity contribution in [1.29, 1.82) is 0 Å². The second-order valence-electron chi connectivity index (χ2n) is 4.05. The molecule has 6 heteroatoms. The van der Waals surface area contributed by atoms with Crippen LogP contribution in [0, 0.1) is 6.92 Å². The van der Waals surface area contributed by atoms with E-state index < -0.39 is 10.0 Å². The number of sulfonamides is 1. The zero-order valence-corrected chi connectivity index (χ0v) is 10.8. The second kappa shape index (κ2) is 4.83. The van der Waals surface area contributed by atoms with Gasteiger partial charge in [0.15, 0.2) is 0 Å². The number of H-pyrrole nitrogens is 1. The molecule has 1 heterocycles. The van der Waals surface area contributed by atoms with Crippen molar-refractivity contribution in [3.05, 3.63) is 47.8 Å². The second-order valence-corrected chi connectivity index (χ2v) is 5.58. The van der Waals surface area contributed by atoms with Crippen molar-refractivity contribution in [3.63, 3.8) is 0 Å². The number of primary sulfonamides is 1. The Labute approximate surface area is 106 Å². The van der Waals surface area contributed by atoms with Gasteiger partial charge in [-0.15, -0.1) is 0 Å². The first-order chi connectivity index (χ1) is 8.48. The third-order valence-electron chi connectivity index (χ3n) is 2.74. The molecule has 1 aromatic carbocycles. The van der Waals surface area contributed by atoms with E-state index in [9.17, 15) is 8.42 Å². The number of aromatic amines is 1. The van der Waals surface area contributed by atoms with Crippen molar-refractivity contribution < 1.29 is 8.42 Å². The summed E-state index contributed by atoms with van der Waals surface area (Å²) >= 11 is 0. The van der Waals surface area contributed by atoms with Gasteiger partial charge in [-0.3, -0.25) is 0 Å². The van der Waals surface area contributed by atoms with Gasteiger partial charge in [-0.2, -0.15) is 0 Å². The minimum absolute atomic E-state index is 0.154. The molecule has 2 rings (SSSR count). The highest BCUT2D eigenvalue weighted by atomic mass is 32.2. The Morgan fingerprint density at radius 3 is 2.72 bits per heavy atom. The number of benzene rings is 1. The summed E-state index contributed by atoms with van der Waals surface area (Å²) in [4.78, 5) is 3.11. The normalized spacial score (nSPS) is 11.4. The lowest BCUT2D eigenvalue weighted by atomic mass is 10.2. The Morgan fingerprint density at radius 2 is 2.11 bits per heavy atom. The highest BCUT2D eigenvalue weighted by Crippen LogP contribution is 2.22. The highest BCUT2D eigenvalue weighted by molar-refractivity contribution is 7.89. The van der Waals surface area contributed by atoms with E-state index in [1.807, 2.05) is 24.5 Å². The molecule has 4 N–H and O–H groups in total. The third-order valence-corrected chi connectivity index (χ3v) is 3.79. The molecule has 0 aliphatic carbocycles. The summed E-state index contributed by atoms with van der Waals surface area (Å²) in [5.74, 6) is 0. The molecule has 0 bridgehead atoms. The predicted octanol–water partition coefficient (Wildman–Crippen LogP) is 1.58. The first-order valence-electron chi connectivity index (χ1n) is 5.46. The van der Waals surface area contributed by atoms with E-state index in [1.54, 1.807) is 13.0 Å². The van der Waals surface area contributed by atoms with Crippen molar-refractivity contribution in [1.82, 2.24) is 4.98 Å². The van der Waals surface area contributed by atoms with Crippen LogP contribution in [0.4, 0.5) is 5.69 Å². The minimum atomic E-state index is -3.67. The fraction of sp³-hybridized carbons (Fsp3) is 0.167. The van der Waals surface area contributed by atoms with Gasteiger partial charge in [0.1, 0.15) is 0 Å². The summed E-state index contributed by atoms with van der Waals surface area (Å²) in [7, 11) is -3.67. The maximum atomic E-state index is 11.4. The van der Waals surface area contributed by atoms with Gasteiger partial charge >= 0.3 is 0 Å². The van der Waals surface area contributed by atoms with E-state index in [4.69, 9.17) is 5.14 Å². The van der Waals surface area contributed by atoms with E-state index >= 15 is 0 Å². The molecule has 0 aliphatic rings. The zero-order valence-electron chi connectivity index (χ0n) is 9.97. The molecule has 0 aliphatic heterocycles. The average molecular weight is 265 g/mol. The lowest BCUT2D eigenvalue weighted by Gasteiger charge is -2.11. The van der Waals surface area contributed by atoms with Crippen molar-refractivity contribution in [2.75, 3.05) is 5.32 Å². The van der Waals surface area contributed by atoms with Gasteiger partial charge in [-0.05, 0) is 36.2 Å². The van der Waals surface area contributed by atoms with Gasteiger partial charge in [0, 0.05) is 24.6 Å². The van der Waals surface area contributed by atoms with Crippen molar-refractivity contribution in [2.24, 2.45) is 5.14 Å². The fourth-order valence-corrected chi connectivity index (χ4v) is 2.58. The van der Waals surface area contributed by atoms with E-state index in [0.29, 0.717) is 12.1 Å². The number of nitrogens with two attached hydrogens (primary N) is 1. The highest BCUT2D eigenvalue weighted by Gasteiger charge is 2.13. The molecule has 0 amide bonds. The quantitative estimate of drug-likeness (QED) is 0.784. The largest absolute Gasteiger partial charge is 0.381 e. The summed E-state index contributed by atoms with van der Waals surface area (Å²) in [5, 5.41) is 8.34. The number of rotatable bonds is 4. The molecule has 0 radical (unpaired) electrons. The Bertz CT molecular complexity index is 633. The Morgan fingerprint density at radius 1 is 1.33 bits per heavy atom. The molecular formula is C12H15N3O2S. The monoisotopic (exact) mass is 265 g/mol. The minimum Gasteiger partial charge on any atom is -0.381 e. The van der Waals surface area contributed by atoms with Crippen LogP contribution in [0.25, 0.3) is 0 Å². The first kappa shape index (κ1) is 12.7. The van der Waals surface area contributed by atoms with Crippen LogP contribution in [-0.4, -0.2) is 13.4 Å². The van der Waals surface area contributed by atoms with Gasteiger partial charge in [-0.25, -0.2) is 13.6 Å². The zero-order chi connectivity index (χ0) is 13.2. The van der Waals surface area contributed by atoms with Crippen LogP contribution in [-0.2, 0) is 16.6 Å². The van der Waals surface area contributed by atoms with Crippen molar-refractivity contribution in [3.8, 4) is 0 Å². The average Bonchev–Trinajstić information content (AvgIpc) is 2.79. The summed E-state index contributed by atoms with van der Waals surface area (Å²) < 4.78 is 22.8. The molecule has 2 aromatic rings. The van der Waals surface area contributed by atoms with Crippen LogP contribution in [0.1, 0.15) is 11.1 Å². The standard InChI is InChI=1S/C12H15N3O2S/c1-9-11(15-8-10-5-6-14-7-10)3-2-4-12(9)18(13,16)17/h2-7,14-15H,8H2,1H3,(H2,13,16,17). The summed E-state index contributed by atoms with van der Waals surface area (Å²) in [5.41, 5.74) is 2.49. The van der Waals surface area contributed by atoms with Gasteiger partial charge < -0.3 is 10.3 Å². The maximum absolute atomic E-state index is 11.4. The molecule has 0 spiro atoms. The number of hydrogen-bond acceptors (Lipinski definition) is 3. The maximum Gasteiger partial charge on any atom is 0.238 e. The van der Waals surface area contributed by atoms with E-state index in [1.165, 1.54) is 6.07 Å². The Hall–Kier alpha value is -1.79. The van der Waals surface area contributed by atoms with E-state index in [2.05, 4.69) is 10.3 Å². The van der Waals surface area contributed by atoms with Crippen molar-refractivity contribution >= 4 is 15.7 Å². The molecular weight excluding hydrogens is 250 g/mol.